The fraction of sp³-hybridized carbons (Fsp3) is 0.657. The van der Waals surface area contributed by atoms with Crippen LogP contribution in [0.2, 0.25) is 0 Å². The maximum absolute atomic E-state index is 11.8. The Kier molecular flexibility index (Phi) is 32.0. The van der Waals surface area contributed by atoms with Crippen LogP contribution in [0.25, 0.3) is 0 Å². The van der Waals surface area contributed by atoms with E-state index < -0.39 is 41.7 Å². The van der Waals surface area contributed by atoms with Gasteiger partial charge < -0.3 is 39.8 Å². The number of carbonyl (C=O) groups is 8. The van der Waals surface area contributed by atoms with Crippen LogP contribution in [0, 0.1) is 23.7 Å². The highest BCUT2D eigenvalue weighted by Crippen LogP contribution is 2.11. The van der Waals surface area contributed by atoms with E-state index in [0.29, 0.717) is 0 Å². The predicted octanol–water partition coefficient (Wildman–Crippen LogP) is 1.37. The van der Waals surface area contributed by atoms with Gasteiger partial charge in [-0.05, 0) is 6.92 Å². The first-order valence-corrected chi connectivity index (χ1v) is 16.1. The summed E-state index contributed by atoms with van der Waals surface area (Å²) in [6.07, 6.45) is 0.162. The molecule has 0 aromatic rings. The van der Waals surface area contributed by atoms with Crippen LogP contribution in [0.15, 0.2) is 24.3 Å². The molecule has 0 saturated heterocycles. The number of aliphatic hydroxyl groups is 2. The molecule has 2 unspecified atom stereocenters. The molecule has 0 rings (SSSR count). The highest BCUT2D eigenvalue weighted by Gasteiger charge is 2.23. The molecule has 0 aromatic heterocycles. The highest BCUT2D eigenvalue weighted by atomic mass is 16.5. The molecule has 16 nitrogen and oxygen atoms in total. The van der Waals surface area contributed by atoms with Gasteiger partial charge in [0, 0.05) is 55.2 Å². The van der Waals surface area contributed by atoms with E-state index in [1.54, 1.807) is 48.5 Å². The molecule has 294 valence electrons. The van der Waals surface area contributed by atoms with E-state index in [2.05, 4.69) is 27.4 Å². The zero-order chi connectivity index (χ0) is 41.0. The minimum Gasteiger partial charge on any atom is -0.469 e. The molecule has 0 aliphatic rings. The molecule has 1 amide bonds. The van der Waals surface area contributed by atoms with E-state index in [1.807, 2.05) is 0 Å². The summed E-state index contributed by atoms with van der Waals surface area (Å²) in [4.78, 5) is 90.0. The fourth-order valence-electron chi connectivity index (χ4n) is 2.96. The van der Waals surface area contributed by atoms with Crippen molar-refractivity contribution in [3.63, 3.8) is 0 Å². The van der Waals surface area contributed by atoms with Crippen molar-refractivity contribution in [2.45, 2.75) is 73.8 Å². The fourth-order valence-corrected chi connectivity index (χ4v) is 2.96. The summed E-state index contributed by atoms with van der Waals surface area (Å²) in [6, 6.07) is -0.889. The van der Waals surface area contributed by atoms with Crippen molar-refractivity contribution in [3.8, 4) is 0 Å². The number of rotatable bonds is 18. The van der Waals surface area contributed by atoms with Gasteiger partial charge >= 0.3 is 23.9 Å². The van der Waals surface area contributed by atoms with Gasteiger partial charge in [0.15, 0.2) is 0 Å². The number of ether oxygens (including phenoxy) is 4. The predicted molar refractivity (Wildman–Crippen MR) is 188 cm³/mol. The van der Waals surface area contributed by atoms with Gasteiger partial charge in [0.25, 0.3) is 0 Å². The monoisotopic (exact) mass is 732 g/mol. The largest absolute Gasteiger partial charge is 0.469 e. The average Bonchev–Trinajstić information content (AvgIpc) is 3.08. The second kappa shape index (κ2) is 30.5. The van der Waals surface area contributed by atoms with Gasteiger partial charge in [-0.3, -0.25) is 33.6 Å². The van der Waals surface area contributed by atoms with E-state index in [4.69, 9.17) is 20.7 Å². The lowest BCUT2D eigenvalue weighted by atomic mass is 9.97. The first-order valence-electron chi connectivity index (χ1n) is 16.1. The molecule has 0 bridgehead atoms. The Bertz CT molecular complexity index is 1160. The van der Waals surface area contributed by atoms with Crippen LogP contribution < -0.4 is 5.73 Å². The van der Waals surface area contributed by atoms with Crippen LogP contribution >= 0.6 is 0 Å². The van der Waals surface area contributed by atoms with Crippen molar-refractivity contribution >= 4 is 47.1 Å². The Hall–Kier alpha value is -4.28. The maximum atomic E-state index is 11.8. The lowest BCUT2D eigenvalue weighted by Gasteiger charge is -2.17. The molecule has 4 N–H and O–H groups in total. The number of likely N-dealkylation sites (N-methyl/N-ethyl adjacent to an activating group) is 1. The molecular formula is C35H60N2O14. The molecule has 51 heavy (non-hydrogen) atoms. The van der Waals surface area contributed by atoms with Crippen molar-refractivity contribution in [3.05, 3.63) is 24.3 Å². The Morgan fingerprint density at radius 3 is 1.43 bits per heavy atom. The molecule has 0 spiro atoms. The summed E-state index contributed by atoms with van der Waals surface area (Å²) in [6.45, 7) is 18.8. The van der Waals surface area contributed by atoms with E-state index in [-0.39, 0.29) is 91.9 Å². The van der Waals surface area contributed by atoms with Crippen LogP contribution in [0.1, 0.15) is 67.7 Å². The molecule has 0 aromatic carbocycles. The molecule has 0 fully saturated rings. The molecular weight excluding hydrogens is 672 g/mol. The topological polar surface area (TPSA) is 243 Å². The number of nitrogens with two attached hydrogens (primary N) is 1. The molecule has 0 heterocycles. The van der Waals surface area contributed by atoms with Gasteiger partial charge in [0.2, 0.25) is 5.91 Å². The molecule has 0 saturated carbocycles. The average molecular weight is 733 g/mol. The smallest absolute Gasteiger partial charge is 0.333 e. The lowest BCUT2D eigenvalue weighted by molar-refractivity contribution is -0.149. The summed E-state index contributed by atoms with van der Waals surface area (Å²) in [7, 11) is 5.21. The summed E-state index contributed by atoms with van der Waals surface area (Å²) in [5, 5.41) is 17.0. The van der Waals surface area contributed by atoms with Crippen molar-refractivity contribution in [1.29, 1.82) is 0 Å². The number of carbonyl (C=O) groups excluding carboxylic acids is 8. The van der Waals surface area contributed by atoms with Crippen LogP contribution in [0.5, 0.6) is 0 Å². The second-order valence-corrected chi connectivity index (χ2v) is 11.8. The zero-order valence-corrected chi connectivity index (χ0v) is 32.1. The Morgan fingerprint density at radius 1 is 0.686 bits per heavy atom. The minimum atomic E-state index is -0.889. The number of nitrogens with zero attached hydrogens (tertiary/aromatic N) is 1. The summed E-state index contributed by atoms with van der Waals surface area (Å²) < 4.78 is 17.7. The highest BCUT2D eigenvalue weighted by molar-refractivity contribution is 6.00. The summed E-state index contributed by atoms with van der Waals surface area (Å²) >= 11 is 0. The normalized spacial score (nSPS) is 11.1. The number of amides is 1. The molecule has 2 atom stereocenters. The number of Topliss-reactive ketones (excluding diaryl/α,β-unsaturated/α-hetero) is 3. The minimum absolute atomic E-state index is 0.00500. The Labute approximate surface area is 301 Å². The Balaban J connectivity index is -0.000000300. The van der Waals surface area contributed by atoms with Gasteiger partial charge in [-0.1, -0.05) is 54.7 Å². The quantitative estimate of drug-likeness (QED) is 0.102. The van der Waals surface area contributed by atoms with Crippen LogP contribution in [-0.4, -0.2) is 123 Å². The lowest BCUT2D eigenvalue weighted by Crippen LogP contribution is -2.34. The van der Waals surface area contributed by atoms with Crippen molar-refractivity contribution in [2.24, 2.45) is 29.4 Å². The third-order valence-electron chi connectivity index (χ3n) is 6.41. The SMILES string of the molecule is C=C(CC(=O)C(C)C)C(=O)N(C)CC(=O)OCC.C=C(CC(=O)C(C)C)C(=O)OC.COC(=O)C(CO)CC(=O)C(C)C.COC(=O)C(N)CO. The van der Waals surface area contributed by atoms with Crippen LogP contribution in [0.4, 0.5) is 0 Å². The maximum Gasteiger partial charge on any atom is 0.333 e. The third-order valence-corrected chi connectivity index (χ3v) is 6.41. The zero-order valence-electron chi connectivity index (χ0n) is 32.1. The first kappa shape index (κ1) is 53.5. The second-order valence-electron chi connectivity index (χ2n) is 11.8. The van der Waals surface area contributed by atoms with Gasteiger partial charge in [0.1, 0.15) is 29.9 Å². The number of esters is 4. The number of hydrogen-bond donors (Lipinski definition) is 3. The molecule has 16 heteroatoms. The van der Waals surface area contributed by atoms with Gasteiger partial charge in [0.05, 0.1) is 47.1 Å². The summed E-state index contributed by atoms with van der Waals surface area (Å²) in [5.74, 6) is -3.61. The first-order chi connectivity index (χ1) is 23.5. The molecule has 0 aliphatic heterocycles. The van der Waals surface area contributed by atoms with Crippen molar-refractivity contribution in [1.82, 2.24) is 4.90 Å². The van der Waals surface area contributed by atoms with Crippen LogP contribution in [0.3, 0.4) is 0 Å². The van der Waals surface area contributed by atoms with Gasteiger partial charge in [-0.2, -0.15) is 0 Å². The number of hydrogen-bond acceptors (Lipinski definition) is 15. The van der Waals surface area contributed by atoms with Gasteiger partial charge in [-0.25, -0.2) is 4.79 Å². The van der Waals surface area contributed by atoms with Gasteiger partial charge in [-0.15, -0.1) is 0 Å². The van der Waals surface area contributed by atoms with E-state index in [0.717, 1.165) is 0 Å². The van der Waals surface area contributed by atoms with E-state index in [9.17, 15) is 38.4 Å². The molecule has 0 aliphatic carbocycles. The van der Waals surface area contributed by atoms with Crippen LogP contribution in [-0.2, 0) is 57.3 Å². The number of methoxy groups -OCH3 is 3. The van der Waals surface area contributed by atoms with Crippen molar-refractivity contribution < 1.29 is 67.5 Å². The van der Waals surface area contributed by atoms with E-state index in [1.165, 1.54) is 33.3 Å². The number of ketones is 3. The Morgan fingerprint density at radius 2 is 1.12 bits per heavy atom. The number of aliphatic hydroxyl groups excluding tert-OH is 2. The standard InChI is InChI=1S/C13H21NO4.C9H16O4.C9H14O3.C4H9NO3/c1-6-18-12(16)8-14(5)13(17)10(4)7-11(15)9(2)3;1-6(2)8(11)4-7(5-10)9(12)13-3;1-6(2)8(10)5-7(3)9(11)12-4;1-8-4(7)3(5)2-6/h9H,4,6-8H2,1-3,5H3;6-7,10H,4-5H2,1-3H3;6H,3,5H2,1-2,4H3;3,6H,2,5H2,1H3. The van der Waals surface area contributed by atoms with E-state index >= 15 is 0 Å². The third kappa shape index (κ3) is 27.2. The van der Waals surface area contributed by atoms with Crippen molar-refractivity contribution in [2.75, 3.05) is 54.7 Å². The summed E-state index contributed by atoms with van der Waals surface area (Å²) in [5.41, 5.74) is 5.42. The molecule has 0 radical (unpaired) electrons.